The number of rotatable bonds is 7. The highest BCUT2D eigenvalue weighted by Gasteiger charge is 2.05. The van der Waals surface area contributed by atoms with Gasteiger partial charge in [-0.15, -0.1) is 0 Å². The first-order valence-electron chi connectivity index (χ1n) is 7.13. The number of nitrogens with zero attached hydrogens (tertiary/aromatic N) is 2. The molecular weight excluding hydrogens is 268 g/mol. The molecule has 0 bridgehead atoms. The molecule has 1 heterocycles. The first-order chi connectivity index (χ1) is 10.2. The highest BCUT2D eigenvalue weighted by atomic mass is 16.2. The summed E-state index contributed by atoms with van der Waals surface area (Å²) in [6.07, 6.45) is 4.68. The SMILES string of the molecule is CC(=O)NCCCCCC(=O)Nn1cnc2ccccc21. The second-order valence-corrected chi connectivity index (χ2v) is 4.93. The van der Waals surface area contributed by atoms with E-state index in [-0.39, 0.29) is 11.8 Å². The van der Waals surface area contributed by atoms with E-state index < -0.39 is 0 Å². The maximum atomic E-state index is 11.9. The Labute approximate surface area is 123 Å². The molecule has 0 atom stereocenters. The Balaban J connectivity index is 1.71. The number of carbonyl (C=O) groups excluding carboxylic acids is 2. The van der Waals surface area contributed by atoms with Crippen LogP contribution in [0.5, 0.6) is 0 Å². The van der Waals surface area contributed by atoms with E-state index in [1.54, 1.807) is 11.0 Å². The number of amides is 2. The summed E-state index contributed by atoms with van der Waals surface area (Å²) in [7, 11) is 0. The number of nitrogens with one attached hydrogen (secondary N) is 2. The molecule has 2 rings (SSSR count). The van der Waals surface area contributed by atoms with E-state index in [2.05, 4.69) is 15.7 Å². The predicted octanol–water partition coefficient (Wildman–Crippen LogP) is 1.80. The molecule has 0 fully saturated rings. The maximum Gasteiger partial charge on any atom is 0.238 e. The zero-order valence-electron chi connectivity index (χ0n) is 12.1. The van der Waals surface area contributed by atoms with Gasteiger partial charge >= 0.3 is 0 Å². The Bertz CT molecular complexity index is 621. The summed E-state index contributed by atoms with van der Waals surface area (Å²) >= 11 is 0. The number of carbonyl (C=O) groups is 2. The predicted molar refractivity (Wildman–Crippen MR) is 81.3 cm³/mol. The lowest BCUT2D eigenvalue weighted by Gasteiger charge is -2.07. The summed E-state index contributed by atoms with van der Waals surface area (Å²) in [6.45, 7) is 2.17. The molecule has 0 aliphatic carbocycles. The van der Waals surface area contributed by atoms with Crippen LogP contribution in [0.15, 0.2) is 30.6 Å². The zero-order chi connectivity index (χ0) is 15.1. The van der Waals surface area contributed by atoms with Crippen LogP contribution in [-0.4, -0.2) is 28.0 Å². The number of unbranched alkanes of at least 4 members (excludes halogenated alkanes) is 2. The van der Waals surface area contributed by atoms with Gasteiger partial charge in [-0.05, 0) is 25.0 Å². The second kappa shape index (κ2) is 7.42. The monoisotopic (exact) mass is 288 g/mol. The Morgan fingerprint density at radius 3 is 2.81 bits per heavy atom. The molecule has 2 N–H and O–H groups in total. The minimum absolute atomic E-state index is 0.0141. The van der Waals surface area contributed by atoms with Gasteiger partial charge in [0.2, 0.25) is 11.8 Å². The van der Waals surface area contributed by atoms with E-state index in [0.29, 0.717) is 13.0 Å². The van der Waals surface area contributed by atoms with Crippen LogP contribution in [0.4, 0.5) is 0 Å². The first kappa shape index (κ1) is 15.0. The molecule has 0 aliphatic rings. The molecule has 2 amide bonds. The molecule has 112 valence electrons. The summed E-state index contributed by atoms with van der Waals surface area (Å²) in [6, 6.07) is 7.64. The van der Waals surface area contributed by atoms with E-state index >= 15 is 0 Å². The number of imidazole rings is 1. The van der Waals surface area contributed by atoms with E-state index in [1.165, 1.54) is 6.92 Å². The minimum Gasteiger partial charge on any atom is -0.356 e. The molecule has 0 saturated heterocycles. The van der Waals surface area contributed by atoms with Crippen molar-refractivity contribution in [3.8, 4) is 0 Å². The average Bonchev–Trinajstić information content (AvgIpc) is 2.86. The third kappa shape index (κ3) is 4.59. The highest BCUT2D eigenvalue weighted by Crippen LogP contribution is 2.10. The van der Waals surface area contributed by atoms with Crippen molar-refractivity contribution in [3.63, 3.8) is 0 Å². The minimum atomic E-state index is -0.0299. The van der Waals surface area contributed by atoms with E-state index in [9.17, 15) is 9.59 Å². The fraction of sp³-hybridized carbons (Fsp3) is 0.400. The first-order valence-corrected chi connectivity index (χ1v) is 7.13. The number of hydrogen-bond donors (Lipinski definition) is 2. The van der Waals surface area contributed by atoms with Crippen molar-refractivity contribution < 1.29 is 9.59 Å². The van der Waals surface area contributed by atoms with Gasteiger partial charge in [0.05, 0.1) is 11.0 Å². The second-order valence-electron chi connectivity index (χ2n) is 4.93. The van der Waals surface area contributed by atoms with Crippen molar-refractivity contribution in [2.45, 2.75) is 32.6 Å². The van der Waals surface area contributed by atoms with Gasteiger partial charge in [0.1, 0.15) is 6.33 Å². The van der Waals surface area contributed by atoms with Crippen LogP contribution >= 0.6 is 0 Å². The van der Waals surface area contributed by atoms with Crippen molar-refractivity contribution in [1.29, 1.82) is 0 Å². The summed E-state index contributed by atoms with van der Waals surface area (Å²) in [5.74, 6) is -0.0441. The van der Waals surface area contributed by atoms with Crippen LogP contribution in [0.3, 0.4) is 0 Å². The lowest BCUT2D eigenvalue weighted by Crippen LogP contribution is -2.22. The van der Waals surface area contributed by atoms with Gasteiger partial charge in [-0.1, -0.05) is 18.6 Å². The lowest BCUT2D eigenvalue weighted by molar-refractivity contribution is -0.119. The van der Waals surface area contributed by atoms with Crippen molar-refractivity contribution >= 4 is 22.8 Å². The van der Waals surface area contributed by atoms with Gasteiger partial charge in [0.15, 0.2) is 0 Å². The smallest absolute Gasteiger partial charge is 0.238 e. The molecule has 0 saturated carbocycles. The molecular formula is C15H20N4O2. The largest absolute Gasteiger partial charge is 0.356 e. The van der Waals surface area contributed by atoms with Crippen LogP contribution < -0.4 is 10.7 Å². The Morgan fingerprint density at radius 1 is 1.19 bits per heavy atom. The summed E-state index contributed by atoms with van der Waals surface area (Å²) in [5.41, 5.74) is 4.56. The average molecular weight is 288 g/mol. The molecule has 1 aromatic carbocycles. The normalized spacial score (nSPS) is 10.5. The number of hydrogen-bond acceptors (Lipinski definition) is 3. The molecule has 6 nitrogen and oxygen atoms in total. The van der Waals surface area contributed by atoms with Crippen LogP contribution in [0.2, 0.25) is 0 Å². The topological polar surface area (TPSA) is 76.0 Å². The summed E-state index contributed by atoms with van der Waals surface area (Å²) in [4.78, 5) is 26.8. The third-order valence-corrected chi connectivity index (χ3v) is 3.15. The quantitative estimate of drug-likeness (QED) is 0.763. The molecule has 2 aromatic rings. The Hall–Kier alpha value is -2.37. The molecule has 1 aromatic heterocycles. The highest BCUT2D eigenvalue weighted by molar-refractivity contribution is 5.86. The number of benzene rings is 1. The number of fused-ring (bicyclic) bond motifs is 1. The van der Waals surface area contributed by atoms with Gasteiger partial charge in [-0.25, -0.2) is 9.66 Å². The van der Waals surface area contributed by atoms with Crippen molar-refractivity contribution in [2.24, 2.45) is 0 Å². The van der Waals surface area contributed by atoms with Gasteiger partial charge in [0, 0.05) is 19.9 Å². The Morgan fingerprint density at radius 2 is 2.00 bits per heavy atom. The molecule has 6 heteroatoms. The van der Waals surface area contributed by atoms with Gasteiger partial charge in [0.25, 0.3) is 0 Å². The third-order valence-electron chi connectivity index (χ3n) is 3.15. The van der Waals surface area contributed by atoms with Crippen molar-refractivity contribution in [2.75, 3.05) is 12.0 Å². The molecule has 0 unspecified atom stereocenters. The number of para-hydroxylation sites is 2. The molecule has 0 aliphatic heterocycles. The van der Waals surface area contributed by atoms with Crippen LogP contribution in [-0.2, 0) is 9.59 Å². The van der Waals surface area contributed by atoms with Crippen molar-refractivity contribution in [1.82, 2.24) is 15.0 Å². The fourth-order valence-electron chi connectivity index (χ4n) is 2.09. The van der Waals surface area contributed by atoms with Crippen molar-refractivity contribution in [3.05, 3.63) is 30.6 Å². The van der Waals surface area contributed by atoms with E-state index in [4.69, 9.17) is 0 Å². The fourth-order valence-corrected chi connectivity index (χ4v) is 2.09. The summed E-state index contributed by atoms with van der Waals surface area (Å²) < 4.78 is 1.65. The van der Waals surface area contributed by atoms with Gasteiger partial charge in [-0.2, -0.15) is 0 Å². The zero-order valence-corrected chi connectivity index (χ0v) is 12.1. The van der Waals surface area contributed by atoms with E-state index in [1.807, 2.05) is 24.3 Å². The standard InChI is InChI=1S/C15H20N4O2/c1-12(20)16-10-6-2-3-9-15(21)18-19-11-17-13-7-4-5-8-14(13)19/h4-5,7-8,11H,2-3,6,9-10H2,1H3,(H,16,20)(H,18,21). The van der Waals surface area contributed by atoms with Gasteiger partial charge < -0.3 is 5.32 Å². The lowest BCUT2D eigenvalue weighted by atomic mass is 10.2. The van der Waals surface area contributed by atoms with Crippen LogP contribution in [0, 0.1) is 0 Å². The maximum absolute atomic E-state index is 11.9. The van der Waals surface area contributed by atoms with Crippen LogP contribution in [0.25, 0.3) is 11.0 Å². The molecule has 21 heavy (non-hydrogen) atoms. The molecule has 0 spiro atoms. The van der Waals surface area contributed by atoms with E-state index in [0.717, 1.165) is 30.3 Å². The van der Waals surface area contributed by atoms with Crippen LogP contribution in [0.1, 0.15) is 32.6 Å². The van der Waals surface area contributed by atoms with Gasteiger partial charge in [-0.3, -0.25) is 15.0 Å². The number of aromatic nitrogens is 2. The molecule has 0 radical (unpaired) electrons. The summed E-state index contributed by atoms with van der Waals surface area (Å²) in [5, 5.41) is 2.74. The Kier molecular flexibility index (Phi) is 5.31.